The van der Waals surface area contributed by atoms with E-state index in [2.05, 4.69) is 26.3 Å². The average molecular weight is 506 g/mol. The Hall–Kier alpha value is -4.60. The number of rotatable bonds is 4. The summed E-state index contributed by atoms with van der Waals surface area (Å²) >= 11 is 0. The predicted octanol–water partition coefficient (Wildman–Crippen LogP) is 4.02. The van der Waals surface area contributed by atoms with Gasteiger partial charge in [-0.15, -0.1) is 10.2 Å². The van der Waals surface area contributed by atoms with Gasteiger partial charge in [-0.2, -0.15) is 9.61 Å². The number of aromatic nitrogens is 7. The molecule has 10 nitrogen and oxygen atoms in total. The van der Waals surface area contributed by atoms with Crippen molar-refractivity contribution < 1.29 is 4.79 Å². The summed E-state index contributed by atoms with van der Waals surface area (Å²) in [7, 11) is 0. The van der Waals surface area contributed by atoms with Crippen molar-refractivity contribution in [2.45, 2.75) is 50.6 Å². The van der Waals surface area contributed by atoms with Gasteiger partial charge in [0.25, 0.3) is 5.91 Å². The van der Waals surface area contributed by atoms with Crippen LogP contribution in [0.2, 0.25) is 0 Å². The Morgan fingerprint density at radius 3 is 2.50 bits per heavy atom. The third kappa shape index (κ3) is 3.55. The fourth-order valence-corrected chi connectivity index (χ4v) is 6.21. The number of H-pyrrole nitrogens is 1. The summed E-state index contributed by atoms with van der Waals surface area (Å²) in [6, 6.07) is 14.5. The van der Waals surface area contributed by atoms with Gasteiger partial charge in [-0.3, -0.25) is 9.78 Å². The van der Waals surface area contributed by atoms with E-state index in [1.54, 1.807) is 4.52 Å². The minimum atomic E-state index is -0.0716. The molecule has 1 amide bonds. The van der Waals surface area contributed by atoms with Crippen molar-refractivity contribution in [2.75, 3.05) is 5.73 Å². The second kappa shape index (κ2) is 8.76. The third-order valence-corrected chi connectivity index (χ3v) is 8.08. The van der Waals surface area contributed by atoms with E-state index in [-0.39, 0.29) is 23.9 Å². The van der Waals surface area contributed by atoms with Gasteiger partial charge in [-0.25, -0.2) is 4.98 Å². The lowest BCUT2D eigenvalue weighted by atomic mass is 9.86. The SMILES string of the molecule is Cc1c([C@H]2C[C@H]3CC[C@@H](C2)N3C(=O)c2nnc[nH]2)nc2c(-c3ccc(-c4ccccc4)nc3)cnn2c1N. The Labute approximate surface area is 218 Å². The lowest BCUT2D eigenvalue weighted by Gasteiger charge is -2.38. The third-order valence-electron chi connectivity index (χ3n) is 8.08. The largest absolute Gasteiger partial charge is 0.383 e. The van der Waals surface area contributed by atoms with Crippen LogP contribution in [0, 0.1) is 6.92 Å². The number of nitrogens with zero attached hydrogens (tertiary/aromatic N) is 7. The lowest BCUT2D eigenvalue weighted by Crippen LogP contribution is -2.46. The van der Waals surface area contributed by atoms with E-state index < -0.39 is 0 Å². The fraction of sp³-hybridized carbons (Fsp3) is 0.286. The van der Waals surface area contributed by atoms with E-state index >= 15 is 0 Å². The second-order valence-corrected chi connectivity index (χ2v) is 10.2. The number of nitrogens with one attached hydrogen (secondary N) is 1. The van der Waals surface area contributed by atoms with E-state index in [4.69, 9.17) is 15.7 Å². The van der Waals surface area contributed by atoms with Gasteiger partial charge in [-0.05, 0) is 38.7 Å². The number of nitrogens with two attached hydrogens (primary N) is 1. The molecule has 7 rings (SSSR count). The van der Waals surface area contributed by atoms with E-state index in [0.29, 0.717) is 11.6 Å². The number of aromatic amines is 1. The number of carbonyl (C=O) groups excluding carboxylic acids is 1. The first-order valence-electron chi connectivity index (χ1n) is 12.9. The van der Waals surface area contributed by atoms with Crippen LogP contribution >= 0.6 is 0 Å². The smallest absolute Gasteiger partial charge is 0.292 e. The maximum Gasteiger partial charge on any atom is 0.292 e. The van der Waals surface area contributed by atoms with E-state index in [1.807, 2.05) is 60.6 Å². The highest BCUT2D eigenvalue weighted by Crippen LogP contribution is 2.44. The standard InChI is InChI=1S/C28H27N9O/c1-16-24(19-11-20-8-9-21(12-19)36(20)28(38)26-31-15-32-35-26)34-27-22(14-33-37(27)25(16)29)18-7-10-23(30-13-18)17-5-3-2-4-6-17/h2-7,10,13-15,19-21H,8-9,11-12,29H2,1H3,(H,31,32,35)/t19-,20+,21-. The topological polar surface area (TPSA) is 131 Å². The molecule has 0 unspecified atom stereocenters. The molecule has 2 aliphatic heterocycles. The molecule has 2 fully saturated rings. The molecule has 10 heteroatoms. The molecular formula is C28H27N9O. The molecule has 5 aromatic rings. The Balaban J connectivity index is 1.22. The zero-order valence-electron chi connectivity index (χ0n) is 21.0. The van der Waals surface area contributed by atoms with Crippen molar-refractivity contribution in [3.8, 4) is 22.4 Å². The van der Waals surface area contributed by atoms with Crippen molar-refractivity contribution in [1.29, 1.82) is 0 Å². The summed E-state index contributed by atoms with van der Waals surface area (Å²) in [6.07, 6.45) is 8.77. The first kappa shape index (κ1) is 22.6. The Kier molecular flexibility index (Phi) is 5.20. The van der Waals surface area contributed by atoms with Crippen molar-refractivity contribution in [3.05, 3.63) is 78.3 Å². The number of pyridine rings is 1. The molecule has 0 spiro atoms. The normalized spacial score (nSPS) is 20.8. The summed E-state index contributed by atoms with van der Waals surface area (Å²) in [4.78, 5) is 27.8. The number of piperidine rings is 1. The van der Waals surface area contributed by atoms with Gasteiger partial charge in [0.15, 0.2) is 5.65 Å². The predicted molar refractivity (Wildman–Crippen MR) is 142 cm³/mol. The number of amides is 1. The molecule has 3 atom stereocenters. The number of hydrogen-bond donors (Lipinski definition) is 2. The van der Waals surface area contributed by atoms with Crippen LogP contribution in [0.1, 0.15) is 53.5 Å². The highest BCUT2D eigenvalue weighted by atomic mass is 16.2. The molecule has 38 heavy (non-hydrogen) atoms. The number of benzene rings is 1. The Morgan fingerprint density at radius 1 is 1.03 bits per heavy atom. The molecular weight excluding hydrogens is 478 g/mol. The number of hydrogen-bond acceptors (Lipinski definition) is 7. The number of nitrogen functional groups attached to an aromatic ring is 1. The molecule has 6 heterocycles. The highest BCUT2D eigenvalue weighted by Gasteiger charge is 2.45. The monoisotopic (exact) mass is 505 g/mol. The quantitative estimate of drug-likeness (QED) is 0.377. The van der Waals surface area contributed by atoms with E-state index in [1.165, 1.54) is 6.33 Å². The van der Waals surface area contributed by atoms with Gasteiger partial charge >= 0.3 is 0 Å². The van der Waals surface area contributed by atoms with Crippen LogP contribution < -0.4 is 5.73 Å². The van der Waals surface area contributed by atoms with Gasteiger partial charge in [0, 0.05) is 46.5 Å². The maximum absolute atomic E-state index is 13.1. The maximum atomic E-state index is 13.1. The van der Waals surface area contributed by atoms with Crippen molar-refractivity contribution >= 4 is 17.4 Å². The highest BCUT2D eigenvalue weighted by molar-refractivity contribution is 5.91. The summed E-state index contributed by atoms with van der Waals surface area (Å²) < 4.78 is 1.72. The summed E-state index contributed by atoms with van der Waals surface area (Å²) in [5.74, 6) is 1.03. The molecule has 1 aromatic carbocycles. The molecule has 3 N–H and O–H groups in total. The summed E-state index contributed by atoms with van der Waals surface area (Å²) in [5.41, 5.74) is 13.1. The summed E-state index contributed by atoms with van der Waals surface area (Å²) in [6.45, 7) is 2.02. The van der Waals surface area contributed by atoms with Crippen LogP contribution in [-0.4, -0.2) is 57.7 Å². The second-order valence-electron chi connectivity index (χ2n) is 10.2. The molecule has 0 aliphatic carbocycles. The molecule has 190 valence electrons. The van der Waals surface area contributed by atoms with E-state index in [9.17, 15) is 4.79 Å². The molecule has 4 aromatic heterocycles. The molecule has 0 radical (unpaired) electrons. The van der Waals surface area contributed by atoms with Crippen molar-refractivity contribution in [1.82, 2.24) is 39.7 Å². The minimum absolute atomic E-state index is 0.0716. The Bertz CT molecular complexity index is 1610. The molecule has 2 bridgehead atoms. The zero-order valence-corrected chi connectivity index (χ0v) is 21.0. The van der Waals surface area contributed by atoms with Crippen LogP contribution in [0.25, 0.3) is 28.0 Å². The zero-order chi connectivity index (χ0) is 25.8. The number of anilines is 1. The van der Waals surface area contributed by atoms with Crippen LogP contribution in [0.5, 0.6) is 0 Å². The van der Waals surface area contributed by atoms with Gasteiger partial charge in [0.2, 0.25) is 5.82 Å². The average Bonchev–Trinajstić information content (AvgIpc) is 3.69. The Morgan fingerprint density at radius 2 is 1.82 bits per heavy atom. The van der Waals surface area contributed by atoms with Gasteiger partial charge in [0.05, 0.1) is 17.6 Å². The van der Waals surface area contributed by atoms with Crippen molar-refractivity contribution in [2.24, 2.45) is 0 Å². The number of fused-ring (bicyclic) bond motifs is 3. The van der Waals surface area contributed by atoms with Crippen molar-refractivity contribution in [3.63, 3.8) is 0 Å². The van der Waals surface area contributed by atoms with Crippen LogP contribution in [0.4, 0.5) is 5.82 Å². The van der Waals surface area contributed by atoms with E-state index in [0.717, 1.165) is 65.0 Å². The first-order chi connectivity index (χ1) is 18.6. The van der Waals surface area contributed by atoms with Gasteiger partial charge in [0.1, 0.15) is 12.1 Å². The van der Waals surface area contributed by atoms with Crippen LogP contribution in [0.3, 0.4) is 0 Å². The lowest BCUT2D eigenvalue weighted by molar-refractivity contribution is 0.0557. The van der Waals surface area contributed by atoms with Gasteiger partial charge in [-0.1, -0.05) is 36.4 Å². The number of carbonyl (C=O) groups is 1. The summed E-state index contributed by atoms with van der Waals surface area (Å²) in [5, 5.41) is 12.3. The van der Waals surface area contributed by atoms with Crippen LogP contribution in [0.15, 0.2) is 61.2 Å². The molecule has 2 saturated heterocycles. The van der Waals surface area contributed by atoms with Gasteiger partial charge < -0.3 is 15.6 Å². The minimum Gasteiger partial charge on any atom is -0.383 e. The van der Waals surface area contributed by atoms with Crippen LogP contribution in [-0.2, 0) is 0 Å². The first-order valence-corrected chi connectivity index (χ1v) is 12.9. The fourth-order valence-electron chi connectivity index (χ4n) is 6.21. The molecule has 2 aliphatic rings. The molecule has 0 saturated carbocycles.